The summed E-state index contributed by atoms with van der Waals surface area (Å²) in [5.41, 5.74) is 0.595. The van der Waals surface area contributed by atoms with Gasteiger partial charge in [-0.05, 0) is 19.4 Å². The molecule has 0 aliphatic carbocycles. The minimum atomic E-state index is 0. The molecule has 3 rings (SSSR count). The van der Waals surface area contributed by atoms with Crippen LogP contribution in [0.2, 0.25) is 0 Å². The molecule has 0 aromatic carbocycles. The van der Waals surface area contributed by atoms with Crippen molar-refractivity contribution in [1.82, 2.24) is 25.4 Å². The molecule has 1 fully saturated rings. The lowest BCUT2D eigenvalue weighted by molar-refractivity contribution is 0.297. The van der Waals surface area contributed by atoms with Crippen LogP contribution >= 0.6 is 12.4 Å². The van der Waals surface area contributed by atoms with Crippen LogP contribution in [0.3, 0.4) is 0 Å². The average molecular weight is 298 g/mol. The van der Waals surface area contributed by atoms with E-state index in [1.807, 2.05) is 0 Å². The topological polar surface area (TPSA) is 86.0 Å². The first kappa shape index (κ1) is 14.7. The lowest BCUT2D eigenvalue weighted by Gasteiger charge is -2.19. The maximum atomic E-state index is 5.31. The second kappa shape index (κ2) is 6.62. The normalized spacial score (nSPS) is 18.4. The minimum Gasteiger partial charge on any atom is -0.481 e. The summed E-state index contributed by atoms with van der Waals surface area (Å²) >= 11 is 0. The van der Waals surface area contributed by atoms with Gasteiger partial charge in [0.05, 0.1) is 13.2 Å². The van der Waals surface area contributed by atoms with Gasteiger partial charge in [0, 0.05) is 6.07 Å². The molecule has 0 amide bonds. The molecule has 8 heteroatoms. The Morgan fingerprint density at radius 1 is 1.35 bits per heavy atom. The van der Waals surface area contributed by atoms with Crippen molar-refractivity contribution in [3.63, 3.8) is 0 Å². The third-order valence-electron chi connectivity index (χ3n) is 3.13. The second-order valence-corrected chi connectivity index (χ2v) is 4.40. The Morgan fingerprint density at radius 3 is 3.00 bits per heavy atom. The molecule has 3 heterocycles. The van der Waals surface area contributed by atoms with E-state index in [1.165, 1.54) is 19.2 Å². The molecular weight excluding hydrogens is 282 g/mol. The molecule has 2 aromatic heterocycles. The van der Waals surface area contributed by atoms with Crippen LogP contribution in [0.25, 0.3) is 11.5 Å². The average Bonchev–Trinajstić information content (AvgIpc) is 2.98. The van der Waals surface area contributed by atoms with Crippen molar-refractivity contribution < 1.29 is 9.26 Å². The highest BCUT2D eigenvalue weighted by Gasteiger charge is 2.21. The van der Waals surface area contributed by atoms with Crippen molar-refractivity contribution in [2.24, 2.45) is 0 Å². The lowest BCUT2D eigenvalue weighted by Crippen LogP contribution is -2.26. The molecule has 20 heavy (non-hydrogen) atoms. The Morgan fingerprint density at radius 2 is 2.25 bits per heavy atom. The number of hydrogen-bond acceptors (Lipinski definition) is 7. The molecule has 1 N–H and O–H groups in total. The van der Waals surface area contributed by atoms with E-state index in [2.05, 4.69) is 25.4 Å². The SMILES string of the molecule is COc1cc(-c2noc(C3CCCCN3)n2)ncn1.Cl. The van der Waals surface area contributed by atoms with E-state index in [0.29, 0.717) is 23.3 Å². The van der Waals surface area contributed by atoms with E-state index >= 15 is 0 Å². The molecule has 1 atom stereocenters. The maximum absolute atomic E-state index is 5.31. The summed E-state index contributed by atoms with van der Waals surface area (Å²) in [5, 5.41) is 7.33. The van der Waals surface area contributed by atoms with E-state index in [4.69, 9.17) is 9.26 Å². The summed E-state index contributed by atoms with van der Waals surface area (Å²) in [5.74, 6) is 1.56. The van der Waals surface area contributed by atoms with Crippen molar-refractivity contribution in [2.45, 2.75) is 25.3 Å². The molecule has 108 valence electrons. The van der Waals surface area contributed by atoms with Gasteiger partial charge in [-0.1, -0.05) is 11.6 Å². The number of ether oxygens (including phenoxy) is 1. The number of nitrogens with one attached hydrogen (secondary N) is 1. The Hall–Kier alpha value is -1.73. The molecule has 0 bridgehead atoms. The predicted molar refractivity (Wildman–Crippen MR) is 73.7 cm³/mol. The molecule has 7 nitrogen and oxygen atoms in total. The smallest absolute Gasteiger partial charge is 0.244 e. The number of rotatable bonds is 3. The lowest BCUT2D eigenvalue weighted by atomic mass is 10.1. The first-order chi connectivity index (χ1) is 9.36. The first-order valence-corrected chi connectivity index (χ1v) is 6.30. The summed E-state index contributed by atoms with van der Waals surface area (Å²) in [4.78, 5) is 12.5. The third-order valence-corrected chi connectivity index (χ3v) is 3.13. The van der Waals surface area contributed by atoms with Gasteiger partial charge in [-0.3, -0.25) is 0 Å². The van der Waals surface area contributed by atoms with E-state index in [0.717, 1.165) is 13.0 Å². The monoisotopic (exact) mass is 297 g/mol. The van der Waals surface area contributed by atoms with Crippen LogP contribution in [-0.2, 0) is 0 Å². The number of piperidine rings is 1. The van der Waals surface area contributed by atoms with Gasteiger partial charge < -0.3 is 14.6 Å². The van der Waals surface area contributed by atoms with Crippen LogP contribution in [0.15, 0.2) is 16.9 Å². The van der Waals surface area contributed by atoms with Crippen LogP contribution in [0.5, 0.6) is 5.88 Å². The van der Waals surface area contributed by atoms with Crippen LogP contribution in [0, 0.1) is 0 Å². The van der Waals surface area contributed by atoms with Crippen molar-refractivity contribution in [1.29, 1.82) is 0 Å². The van der Waals surface area contributed by atoms with Gasteiger partial charge in [-0.2, -0.15) is 4.98 Å². The van der Waals surface area contributed by atoms with Crippen LogP contribution in [0.4, 0.5) is 0 Å². The van der Waals surface area contributed by atoms with Crippen molar-refractivity contribution in [2.75, 3.05) is 13.7 Å². The largest absolute Gasteiger partial charge is 0.481 e. The number of hydrogen-bond donors (Lipinski definition) is 1. The molecule has 1 unspecified atom stereocenters. The fraction of sp³-hybridized carbons (Fsp3) is 0.500. The molecule has 2 aromatic rings. The van der Waals surface area contributed by atoms with Gasteiger partial charge in [0.15, 0.2) is 0 Å². The van der Waals surface area contributed by atoms with Gasteiger partial charge in [-0.25, -0.2) is 9.97 Å². The number of halogens is 1. The zero-order chi connectivity index (χ0) is 13.1. The standard InChI is InChI=1S/C12H15N5O2.ClH/c1-18-10-6-9(14-7-15-10)11-16-12(19-17-11)8-4-2-3-5-13-8;/h6-8,13H,2-5H2,1H3;1H. The number of aromatic nitrogens is 4. The Balaban J connectivity index is 0.00000147. The summed E-state index contributed by atoms with van der Waals surface area (Å²) in [6.07, 6.45) is 4.81. The van der Waals surface area contributed by atoms with Crippen LogP contribution in [0.1, 0.15) is 31.2 Å². The Labute approximate surface area is 122 Å². The van der Waals surface area contributed by atoms with E-state index in [1.54, 1.807) is 13.2 Å². The highest BCUT2D eigenvalue weighted by atomic mass is 35.5. The molecule has 1 saturated heterocycles. The van der Waals surface area contributed by atoms with Gasteiger partial charge in [0.1, 0.15) is 12.0 Å². The summed E-state index contributed by atoms with van der Waals surface area (Å²) in [6.45, 7) is 0.990. The van der Waals surface area contributed by atoms with E-state index in [-0.39, 0.29) is 18.4 Å². The van der Waals surface area contributed by atoms with Crippen molar-refractivity contribution in [3.05, 3.63) is 18.3 Å². The van der Waals surface area contributed by atoms with Gasteiger partial charge in [-0.15, -0.1) is 12.4 Å². The zero-order valence-electron chi connectivity index (χ0n) is 11.1. The van der Waals surface area contributed by atoms with Crippen LogP contribution in [-0.4, -0.2) is 33.8 Å². The fourth-order valence-corrected chi connectivity index (χ4v) is 2.12. The summed E-state index contributed by atoms with van der Waals surface area (Å²) in [6, 6.07) is 1.84. The van der Waals surface area contributed by atoms with E-state index in [9.17, 15) is 0 Å². The molecule has 0 radical (unpaired) electrons. The highest BCUT2D eigenvalue weighted by molar-refractivity contribution is 5.85. The van der Waals surface area contributed by atoms with Gasteiger partial charge in [0.2, 0.25) is 17.6 Å². The number of methoxy groups -OCH3 is 1. The molecule has 0 saturated carbocycles. The summed E-state index contributed by atoms with van der Waals surface area (Å²) < 4.78 is 10.4. The fourth-order valence-electron chi connectivity index (χ4n) is 2.12. The minimum absolute atomic E-state index is 0. The highest BCUT2D eigenvalue weighted by Crippen LogP contribution is 2.24. The Kier molecular flexibility index (Phi) is 4.86. The Bertz CT molecular complexity index is 556. The maximum Gasteiger partial charge on any atom is 0.244 e. The molecule has 1 aliphatic rings. The summed E-state index contributed by atoms with van der Waals surface area (Å²) in [7, 11) is 1.56. The third kappa shape index (κ3) is 3.05. The van der Waals surface area contributed by atoms with E-state index < -0.39 is 0 Å². The van der Waals surface area contributed by atoms with Crippen LogP contribution < -0.4 is 10.1 Å². The second-order valence-electron chi connectivity index (χ2n) is 4.40. The van der Waals surface area contributed by atoms with Crippen molar-refractivity contribution in [3.8, 4) is 17.4 Å². The zero-order valence-corrected chi connectivity index (χ0v) is 11.9. The molecule has 1 aliphatic heterocycles. The first-order valence-electron chi connectivity index (χ1n) is 6.30. The van der Waals surface area contributed by atoms with Crippen molar-refractivity contribution >= 4 is 12.4 Å². The molecular formula is C12H16ClN5O2. The molecule has 0 spiro atoms. The quantitative estimate of drug-likeness (QED) is 0.924. The predicted octanol–water partition coefficient (Wildman–Crippen LogP) is 1.77. The number of nitrogens with zero attached hydrogens (tertiary/aromatic N) is 4. The van der Waals surface area contributed by atoms with Gasteiger partial charge >= 0.3 is 0 Å². The van der Waals surface area contributed by atoms with Gasteiger partial charge in [0.25, 0.3) is 0 Å².